The number of nitrogens with zero attached hydrogens (tertiary/aromatic N) is 3. The Kier molecular flexibility index (Phi) is 4.22. The normalized spacial score (nSPS) is 17.3. The molecule has 128 valence electrons. The summed E-state index contributed by atoms with van der Waals surface area (Å²) in [5.74, 6) is 1.09. The zero-order chi connectivity index (χ0) is 17.2. The van der Waals surface area contributed by atoms with Crippen LogP contribution in [0.4, 0.5) is 0 Å². The molecule has 1 aliphatic rings. The van der Waals surface area contributed by atoms with Gasteiger partial charge in [0.15, 0.2) is 0 Å². The Hall–Kier alpha value is -2.69. The SMILES string of the molecule is Cc1ccc2nc(C3CCCN3C(=O)CCc3ccccn3)[nH]c2c1. The molecule has 0 aliphatic carbocycles. The zero-order valence-corrected chi connectivity index (χ0v) is 14.4. The Morgan fingerprint density at radius 2 is 2.24 bits per heavy atom. The highest BCUT2D eigenvalue weighted by Crippen LogP contribution is 2.32. The second kappa shape index (κ2) is 6.67. The first-order valence-corrected chi connectivity index (χ1v) is 8.86. The number of benzene rings is 1. The quantitative estimate of drug-likeness (QED) is 0.793. The lowest BCUT2D eigenvalue weighted by Crippen LogP contribution is -2.31. The maximum Gasteiger partial charge on any atom is 0.223 e. The highest BCUT2D eigenvalue weighted by atomic mass is 16.2. The van der Waals surface area contributed by atoms with Gasteiger partial charge in [0.1, 0.15) is 5.82 Å². The molecule has 1 saturated heterocycles. The van der Waals surface area contributed by atoms with Crippen LogP contribution in [0.15, 0.2) is 42.6 Å². The molecule has 4 rings (SSSR count). The number of carbonyl (C=O) groups excluding carboxylic acids is 1. The second-order valence-electron chi connectivity index (χ2n) is 6.71. The van der Waals surface area contributed by atoms with Crippen LogP contribution < -0.4 is 0 Å². The molecule has 3 aromatic rings. The maximum absolute atomic E-state index is 12.7. The van der Waals surface area contributed by atoms with Crippen LogP contribution in [-0.4, -0.2) is 32.3 Å². The summed E-state index contributed by atoms with van der Waals surface area (Å²) in [6, 6.07) is 12.1. The van der Waals surface area contributed by atoms with E-state index in [-0.39, 0.29) is 11.9 Å². The molecule has 1 atom stereocenters. The number of aromatic amines is 1. The zero-order valence-electron chi connectivity index (χ0n) is 14.4. The van der Waals surface area contributed by atoms with Gasteiger partial charge in [0, 0.05) is 24.9 Å². The third kappa shape index (κ3) is 3.27. The minimum Gasteiger partial charge on any atom is -0.340 e. The molecule has 1 aromatic carbocycles. The Morgan fingerprint density at radius 3 is 3.08 bits per heavy atom. The molecule has 0 saturated carbocycles. The van der Waals surface area contributed by atoms with Crippen molar-refractivity contribution in [3.63, 3.8) is 0 Å². The molecule has 1 amide bonds. The second-order valence-corrected chi connectivity index (χ2v) is 6.71. The van der Waals surface area contributed by atoms with E-state index in [9.17, 15) is 4.79 Å². The Labute approximate surface area is 147 Å². The van der Waals surface area contributed by atoms with Crippen LogP contribution in [0, 0.1) is 6.92 Å². The lowest BCUT2D eigenvalue weighted by Gasteiger charge is -2.23. The first kappa shape index (κ1) is 15.8. The van der Waals surface area contributed by atoms with Gasteiger partial charge in [-0.05, 0) is 56.0 Å². The number of imidazole rings is 1. The summed E-state index contributed by atoms with van der Waals surface area (Å²) < 4.78 is 0. The molecule has 0 radical (unpaired) electrons. The average molecular weight is 334 g/mol. The monoisotopic (exact) mass is 334 g/mol. The Bertz CT molecular complexity index is 887. The van der Waals surface area contributed by atoms with E-state index in [2.05, 4.69) is 29.0 Å². The van der Waals surface area contributed by atoms with Crippen molar-refractivity contribution in [3.8, 4) is 0 Å². The molecule has 3 heterocycles. The number of carbonyl (C=O) groups is 1. The van der Waals surface area contributed by atoms with E-state index in [1.54, 1.807) is 6.20 Å². The highest BCUT2D eigenvalue weighted by molar-refractivity contribution is 5.78. The summed E-state index contributed by atoms with van der Waals surface area (Å²) in [6.45, 7) is 2.88. The molecule has 5 nitrogen and oxygen atoms in total. The molecule has 1 fully saturated rings. The average Bonchev–Trinajstić information content (AvgIpc) is 3.26. The van der Waals surface area contributed by atoms with Gasteiger partial charge in [-0.25, -0.2) is 4.98 Å². The van der Waals surface area contributed by atoms with E-state index in [1.165, 1.54) is 5.56 Å². The summed E-state index contributed by atoms with van der Waals surface area (Å²) in [6.07, 6.45) is 4.94. The van der Waals surface area contributed by atoms with E-state index >= 15 is 0 Å². The lowest BCUT2D eigenvalue weighted by atomic mass is 10.1. The highest BCUT2D eigenvalue weighted by Gasteiger charge is 2.31. The van der Waals surface area contributed by atoms with Crippen LogP contribution in [0.5, 0.6) is 0 Å². The number of nitrogens with one attached hydrogen (secondary N) is 1. The number of aryl methyl sites for hydroxylation is 2. The first-order valence-electron chi connectivity index (χ1n) is 8.86. The van der Waals surface area contributed by atoms with Gasteiger partial charge in [-0.3, -0.25) is 9.78 Å². The Balaban J connectivity index is 1.50. The number of hydrogen-bond donors (Lipinski definition) is 1. The van der Waals surface area contributed by atoms with Crippen LogP contribution >= 0.6 is 0 Å². The van der Waals surface area contributed by atoms with Gasteiger partial charge in [-0.2, -0.15) is 0 Å². The van der Waals surface area contributed by atoms with Gasteiger partial charge in [0.05, 0.1) is 17.1 Å². The molecule has 1 unspecified atom stereocenters. The third-order valence-corrected chi connectivity index (χ3v) is 4.87. The van der Waals surface area contributed by atoms with Crippen LogP contribution in [0.25, 0.3) is 11.0 Å². The standard InChI is InChI=1S/C20H22N4O/c1-14-7-9-16-17(13-14)23-20(22-16)18-6-4-12-24(18)19(25)10-8-15-5-2-3-11-21-15/h2-3,5,7,9,11,13,18H,4,6,8,10,12H2,1H3,(H,22,23). The number of aromatic nitrogens is 3. The summed E-state index contributed by atoms with van der Waals surface area (Å²) in [5.41, 5.74) is 4.18. The molecule has 5 heteroatoms. The van der Waals surface area contributed by atoms with Gasteiger partial charge in [0.2, 0.25) is 5.91 Å². The number of pyridine rings is 1. The van der Waals surface area contributed by atoms with Crippen LogP contribution in [0.3, 0.4) is 0 Å². The number of H-pyrrole nitrogens is 1. The summed E-state index contributed by atoms with van der Waals surface area (Å²) in [7, 11) is 0. The Morgan fingerprint density at radius 1 is 1.32 bits per heavy atom. The fourth-order valence-corrected chi connectivity index (χ4v) is 3.58. The van der Waals surface area contributed by atoms with E-state index in [1.807, 2.05) is 29.2 Å². The van der Waals surface area contributed by atoms with E-state index in [0.717, 1.165) is 41.9 Å². The number of amides is 1. The van der Waals surface area contributed by atoms with Gasteiger partial charge in [0.25, 0.3) is 0 Å². The number of likely N-dealkylation sites (tertiary alicyclic amines) is 1. The largest absolute Gasteiger partial charge is 0.340 e. The van der Waals surface area contributed by atoms with E-state index in [0.29, 0.717) is 12.8 Å². The van der Waals surface area contributed by atoms with Crippen molar-refractivity contribution in [2.24, 2.45) is 0 Å². The predicted molar refractivity (Wildman–Crippen MR) is 97.1 cm³/mol. The lowest BCUT2D eigenvalue weighted by molar-refractivity contribution is -0.132. The van der Waals surface area contributed by atoms with Crippen molar-refractivity contribution >= 4 is 16.9 Å². The van der Waals surface area contributed by atoms with Crippen molar-refractivity contribution in [1.82, 2.24) is 19.9 Å². The van der Waals surface area contributed by atoms with Crippen molar-refractivity contribution in [2.75, 3.05) is 6.54 Å². The molecular formula is C20H22N4O. The molecule has 0 bridgehead atoms. The van der Waals surface area contributed by atoms with Gasteiger partial charge >= 0.3 is 0 Å². The first-order chi connectivity index (χ1) is 12.2. The van der Waals surface area contributed by atoms with E-state index in [4.69, 9.17) is 4.98 Å². The predicted octanol–water partition coefficient (Wildman–Crippen LogP) is 3.56. The topological polar surface area (TPSA) is 61.9 Å². The van der Waals surface area contributed by atoms with Gasteiger partial charge < -0.3 is 9.88 Å². The van der Waals surface area contributed by atoms with Crippen LogP contribution in [0.1, 0.15) is 42.4 Å². The molecule has 0 spiro atoms. The van der Waals surface area contributed by atoms with E-state index < -0.39 is 0 Å². The molecule has 25 heavy (non-hydrogen) atoms. The summed E-state index contributed by atoms with van der Waals surface area (Å²) >= 11 is 0. The number of rotatable bonds is 4. The maximum atomic E-state index is 12.7. The fraction of sp³-hybridized carbons (Fsp3) is 0.350. The molecular weight excluding hydrogens is 312 g/mol. The summed E-state index contributed by atoms with van der Waals surface area (Å²) in [4.78, 5) is 27.2. The van der Waals surface area contributed by atoms with Crippen molar-refractivity contribution in [1.29, 1.82) is 0 Å². The number of hydrogen-bond acceptors (Lipinski definition) is 3. The van der Waals surface area contributed by atoms with Gasteiger partial charge in [-0.15, -0.1) is 0 Å². The molecule has 1 N–H and O–H groups in total. The van der Waals surface area contributed by atoms with Crippen molar-refractivity contribution in [3.05, 3.63) is 59.7 Å². The minimum absolute atomic E-state index is 0.0592. The van der Waals surface area contributed by atoms with Gasteiger partial charge in [-0.1, -0.05) is 12.1 Å². The van der Waals surface area contributed by atoms with Crippen molar-refractivity contribution in [2.45, 2.75) is 38.6 Å². The molecule has 2 aromatic heterocycles. The third-order valence-electron chi connectivity index (χ3n) is 4.87. The number of fused-ring (bicyclic) bond motifs is 1. The fourth-order valence-electron chi connectivity index (χ4n) is 3.58. The van der Waals surface area contributed by atoms with Crippen LogP contribution in [0.2, 0.25) is 0 Å². The van der Waals surface area contributed by atoms with Crippen LogP contribution in [-0.2, 0) is 11.2 Å². The molecule has 1 aliphatic heterocycles. The summed E-state index contributed by atoms with van der Waals surface area (Å²) in [5, 5.41) is 0. The minimum atomic E-state index is 0.0592. The van der Waals surface area contributed by atoms with Crippen molar-refractivity contribution < 1.29 is 4.79 Å². The smallest absolute Gasteiger partial charge is 0.223 e.